The molecule has 0 aromatic carbocycles. The fraction of sp³-hybridized carbons (Fsp3) is 1.00. The lowest BCUT2D eigenvalue weighted by molar-refractivity contribution is 0.476. The predicted molar refractivity (Wildman–Crippen MR) is 170 cm³/mol. The average Bonchev–Trinajstić information content (AvgIpc) is 2.91. The van der Waals surface area contributed by atoms with Crippen molar-refractivity contribution in [1.29, 1.82) is 0 Å². The number of rotatable bonds is 34. The Morgan fingerprint density at radius 3 is 0.568 bits per heavy atom. The molecule has 37 heavy (non-hydrogen) atoms. The van der Waals surface area contributed by atoms with Gasteiger partial charge in [-0.1, -0.05) is 200 Å². The van der Waals surface area contributed by atoms with Gasteiger partial charge in [-0.15, -0.1) is 0 Å². The van der Waals surface area contributed by atoms with Gasteiger partial charge in [-0.05, 0) is 12.8 Å². The molecule has 0 unspecified atom stereocenters. The normalized spacial score (nSPS) is 11.5. The van der Waals surface area contributed by atoms with Crippen LogP contribution in [0, 0.1) is 0 Å². The van der Waals surface area contributed by atoms with Gasteiger partial charge in [-0.25, -0.2) is 0 Å². The molecule has 0 fully saturated rings. The molecule has 2 heteroatoms. The Bertz CT molecular complexity index is 336. The summed E-state index contributed by atoms with van der Waals surface area (Å²) in [4.78, 5) is 0. The quantitative estimate of drug-likeness (QED) is 0.0648. The van der Waals surface area contributed by atoms with Gasteiger partial charge in [0.25, 0.3) is 0 Å². The van der Waals surface area contributed by atoms with Crippen LogP contribution in [0.25, 0.3) is 0 Å². The van der Waals surface area contributed by atoms with Gasteiger partial charge in [0, 0.05) is 13.1 Å². The highest BCUT2D eigenvalue weighted by atomic mass is 15.3. The van der Waals surface area contributed by atoms with Gasteiger partial charge >= 0.3 is 0 Å². The molecule has 0 heterocycles. The first-order chi connectivity index (χ1) is 18.4. The Morgan fingerprint density at radius 1 is 0.216 bits per heavy atom. The number of hydrogen-bond donors (Lipinski definition) is 2. The number of unbranched alkanes of at least 4 members (excludes halogenated alkanes) is 29. The Hall–Kier alpha value is -0.0800. The zero-order chi connectivity index (χ0) is 26.7. The minimum absolute atomic E-state index is 1.14. The largest absolute Gasteiger partial charge is 0.258 e. The summed E-state index contributed by atoms with van der Waals surface area (Å²) in [5.74, 6) is 0. The lowest BCUT2D eigenvalue weighted by Gasteiger charge is -2.07. The van der Waals surface area contributed by atoms with Gasteiger partial charge in [0.15, 0.2) is 0 Å². The monoisotopic (exact) mass is 523 g/mol. The van der Waals surface area contributed by atoms with Crippen LogP contribution in [0.1, 0.15) is 213 Å². The Labute approximate surface area is 236 Å². The third kappa shape index (κ3) is 35.9. The van der Waals surface area contributed by atoms with E-state index in [2.05, 4.69) is 24.7 Å². The van der Waals surface area contributed by atoms with Gasteiger partial charge in [-0.2, -0.15) is 0 Å². The minimum Gasteiger partial charge on any atom is -0.258 e. The molecule has 2 N–H and O–H groups in total. The molecule has 0 radical (unpaired) electrons. The fourth-order valence-electron chi connectivity index (χ4n) is 5.52. The molecule has 0 aromatic heterocycles. The van der Waals surface area contributed by atoms with Crippen molar-refractivity contribution < 1.29 is 0 Å². The molecule has 0 atom stereocenters. The van der Waals surface area contributed by atoms with Gasteiger partial charge in [0.05, 0.1) is 0 Å². The van der Waals surface area contributed by atoms with Crippen molar-refractivity contribution in [2.24, 2.45) is 0 Å². The van der Waals surface area contributed by atoms with E-state index >= 15 is 0 Å². The minimum atomic E-state index is 1.14. The second-order valence-corrected chi connectivity index (χ2v) is 12.1. The first-order valence-electron chi connectivity index (χ1n) is 17.9. The van der Waals surface area contributed by atoms with E-state index in [1.54, 1.807) is 0 Å². The molecule has 0 aliphatic rings. The van der Waals surface area contributed by atoms with Crippen LogP contribution in [0.15, 0.2) is 0 Å². The van der Waals surface area contributed by atoms with Crippen molar-refractivity contribution >= 4 is 0 Å². The second kappa shape index (κ2) is 35.9. The smallest absolute Gasteiger partial charge is 0.00997 e. The molecular formula is C35H74N2. The van der Waals surface area contributed by atoms with Crippen molar-refractivity contribution in [2.45, 2.75) is 213 Å². The molecular weight excluding hydrogens is 448 g/mol. The molecule has 0 bridgehead atoms. The molecule has 0 aliphatic heterocycles. The first kappa shape index (κ1) is 36.9. The summed E-state index contributed by atoms with van der Waals surface area (Å²) in [5.41, 5.74) is 6.87. The molecule has 0 rings (SSSR count). The van der Waals surface area contributed by atoms with Crippen molar-refractivity contribution in [1.82, 2.24) is 10.9 Å². The van der Waals surface area contributed by atoms with Crippen molar-refractivity contribution in [3.05, 3.63) is 0 Å². The van der Waals surface area contributed by atoms with Crippen LogP contribution >= 0.6 is 0 Å². The third-order valence-electron chi connectivity index (χ3n) is 8.19. The van der Waals surface area contributed by atoms with Crippen LogP contribution in [-0.2, 0) is 0 Å². The molecule has 0 aromatic rings. The number of hydrazine groups is 1. The highest BCUT2D eigenvalue weighted by molar-refractivity contribution is 4.53. The molecule has 0 saturated heterocycles. The molecule has 2 nitrogen and oxygen atoms in total. The second-order valence-electron chi connectivity index (χ2n) is 12.1. The standard InChI is InChI=1S/C35H74N2/c1-3-5-7-9-11-13-15-17-19-21-23-25-27-29-31-33-35-37-36-34-32-30-28-26-24-22-20-18-16-14-12-10-8-6-4-2/h36-37H,3-35H2,1-2H3. The SMILES string of the molecule is CCCCCCCCCCCCCCCCCCNNCCCCCCCCCCCCCCCCC. The van der Waals surface area contributed by atoms with Crippen molar-refractivity contribution in [3.63, 3.8) is 0 Å². The van der Waals surface area contributed by atoms with Crippen molar-refractivity contribution in [2.75, 3.05) is 13.1 Å². The third-order valence-corrected chi connectivity index (χ3v) is 8.19. The van der Waals surface area contributed by atoms with Crippen LogP contribution < -0.4 is 10.9 Å². The summed E-state index contributed by atoms with van der Waals surface area (Å²) < 4.78 is 0. The van der Waals surface area contributed by atoms with E-state index < -0.39 is 0 Å². The zero-order valence-electron chi connectivity index (χ0n) is 26.3. The van der Waals surface area contributed by atoms with Crippen LogP contribution in [0.5, 0.6) is 0 Å². The number of nitrogens with one attached hydrogen (secondary N) is 2. The highest BCUT2D eigenvalue weighted by Gasteiger charge is 1.96. The summed E-state index contributed by atoms with van der Waals surface area (Å²) in [7, 11) is 0. The van der Waals surface area contributed by atoms with E-state index in [-0.39, 0.29) is 0 Å². The molecule has 0 aliphatic carbocycles. The highest BCUT2D eigenvalue weighted by Crippen LogP contribution is 2.14. The first-order valence-corrected chi connectivity index (χ1v) is 17.9. The average molecular weight is 523 g/mol. The van der Waals surface area contributed by atoms with Crippen molar-refractivity contribution in [3.8, 4) is 0 Å². The number of hydrogen-bond acceptors (Lipinski definition) is 2. The maximum atomic E-state index is 3.43. The van der Waals surface area contributed by atoms with Gasteiger partial charge < -0.3 is 0 Å². The lowest BCUT2D eigenvalue weighted by atomic mass is 10.0. The summed E-state index contributed by atoms with van der Waals surface area (Å²) in [6, 6.07) is 0. The van der Waals surface area contributed by atoms with Crippen LogP contribution in [0.3, 0.4) is 0 Å². The maximum Gasteiger partial charge on any atom is 0.00997 e. The lowest BCUT2D eigenvalue weighted by Crippen LogP contribution is -2.33. The Balaban J connectivity index is 3.00. The topological polar surface area (TPSA) is 24.1 Å². The molecule has 224 valence electrons. The fourth-order valence-corrected chi connectivity index (χ4v) is 5.52. The van der Waals surface area contributed by atoms with E-state index in [9.17, 15) is 0 Å². The summed E-state index contributed by atoms with van der Waals surface area (Å²) in [6.07, 6.45) is 44.8. The van der Waals surface area contributed by atoms with E-state index in [1.165, 1.54) is 199 Å². The Kier molecular flexibility index (Phi) is 35.8. The Morgan fingerprint density at radius 2 is 0.378 bits per heavy atom. The van der Waals surface area contributed by atoms with E-state index in [4.69, 9.17) is 0 Å². The summed E-state index contributed by atoms with van der Waals surface area (Å²) >= 11 is 0. The van der Waals surface area contributed by atoms with E-state index in [0.29, 0.717) is 0 Å². The van der Waals surface area contributed by atoms with Gasteiger partial charge in [-0.3, -0.25) is 10.9 Å². The summed E-state index contributed by atoms with van der Waals surface area (Å²) in [5, 5.41) is 0. The van der Waals surface area contributed by atoms with Crippen LogP contribution in [0.2, 0.25) is 0 Å². The molecule has 0 amide bonds. The van der Waals surface area contributed by atoms with Gasteiger partial charge in [0.2, 0.25) is 0 Å². The maximum absolute atomic E-state index is 3.43. The summed E-state index contributed by atoms with van der Waals surface area (Å²) in [6.45, 7) is 6.88. The van der Waals surface area contributed by atoms with Crippen LogP contribution in [-0.4, -0.2) is 13.1 Å². The van der Waals surface area contributed by atoms with E-state index in [0.717, 1.165) is 13.1 Å². The van der Waals surface area contributed by atoms with Gasteiger partial charge in [0.1, 0.15) is 0 Å². The molecule has 0 spiro atoms. The molecule has 0 saturated carbocycles. The van der Waals surface area contributed by atoms with E-state index in [1.807, 2.05) is 0 Å². The predicted octanol–water partition coefficient (Wildman–Crippen LogP) is 12.2. The zero-order valence-corrected chi connectivity index (χ0v) is 26.3. The van der Waals surface area contributed by atoms with Crippen LogP contribution in [0.4, 0.5) is 0 Å².